The molecule has 130 valence electrons. The van der Waals surface area contributed by atoms with Gasteiger partial charge in [0, 0.05) is 19.6 Å². The minimum absolute atomic E-state index is 0.203. The van der Waals surface area contributed by atoms with Crippen LogP contribution in [0.4, 0.5) is 0 Å². The van der Waals surface area contributed by atoms with Crippen molar-refractivity contribution < 1.29 is 9.84 Å². The number of rotatable bonds is 5. The van der Waals surface area contributed by atoms with Gasteiger partial charge in [-0.15, -0.1) is 0 Å². The first-order chi connectivity index (χ1) is 10.6. The fraction of sp³-hybridized carbons (Fsp3) is 0.700. The number of nitrogens with zero attached hydrogens (tertiary/aromatic N) is 1. The molecule has 0 aliphatic carbocycles. The number of hydrogen-bond acceptors (Lipinski definition) is 3. The monoisotopic (exact) mass is 319 g/mol. The van der Waals surface area contributed by atoms with Crippen LogP contribution in [0.25, 0.3) is 0 Å². The topological polar surface area (TPSA) is 32.7 Å². The Labute approximate surface area is 141 Å². The van der Waals surface area contributed by atoms with Gasteiger partial charge in [0.1, 0.15) is 0 Å². The van der Waals surface area contributed by atoms with Crippen LogP contribution in [-0.4, -0.2) is 47.4 Å². The smallest absolute Gasteiger partial charge is 0.0799 e. The van der Waals surface area contributed by atoms with Crippen LogP contribution in [-0.2, 0) is 11.2 Å². The molecule has 2 rings (SSSR count). The van der Waals surface area contributed by atoms with Gasteiger partial charge in [0.2, 0.25) is 0 Å². The molecule has 3 atom stereocenters. The molecule has 1 aromatic carbocycles. The van der Waals surface area contributed by atoms with Gasteiger partial charge in [-0.05, 0) is 45.1 Å². The van der Waals surface area contributed by atoms with Crippen molar-refractivity contribution in [1.82, 2.24) is 4.90 Å². The molecule has 0 bridgehead atoms. The van der Waals surface area contributed by atoms with Gasteiger partial charge in [-0.3, -0.25) is 4.90 Å². The Kier molecular flexibility index (Phi) is 5.55. The molecule has 0 amide bonds. The first-order valence-corrected chi connectivity index (χ1v) is 8.75. The van der Waals surface area contributed by atoms with Gasteiger partial charge in [0.25, 0.3) is 0 Å². The molecule has 1 fully saturated rings. The normalized spacial score (nSPS) is 26.0. The molecule has 0 radical (unpaired) electrons. The lowest BCUT2D eigenvalue weighted by atomic mass is 9.71. The SMILES string of the molecule is Cc1cccc(CC(C)(C)C(C)(O)CN2CC(C)OC(C)C2)c1. The van der Waals surface area contributed by atoms with Gasteiger partial charge in [0.15, 0.2) is 0 Å². The van der Waals surface area contributed by atoms with Crippen LogP contribution in [0.15, 0.2) is 24.3 Å². The molecule has 0 saturated carbocycles. The maximum atomic E-state index is 11.2. The van der Waals surface area contributed by atoms with Crippen molar-refractivity contribution in [3.8, 4) is 0 Å². The fourth-order valence-corrected chi connectivity index (χ4v) is 3.59. The zero-order valence-electron chi connectivity index (χ0n) is 15.6. The first kappa shape index (κ1) is 18.4. The number of ether oxygens (including phenoxy) is 1. The zero-order chi connectivity index (χ0) is 17.3. The van der Waals surface area contributed by atoms with E-state index in [-0.39, 0.29) is 17.6 Å². The van der Waals surface area contributed by atoms with Crippen molar-refractivity contribution >= 4 is 0 Å². The predicted molar refractivity (Wildman–Crippen MR) is 95.7 cm³/mol. The molecule has 1 aliphatic rings. The van der Waals surface area contributed by atoms with E-state index in [2.05, 4.69) is 63.8 Å². The van der Waals surface area contributed by atoms with Crippen LogP contribution in [0.1, 0.15) is 45.7 Å². The zero-order valence-corrected chi connectivity index (χ0v) is 15.6. The molecule has 0 spiro atoms. The summed E-state index contributed by atoms with van der Waals surface area (Å²) in [7, 11) is 0. The van der Waals surface area contributed by atoms with Crippen LogP contribution >= 0.6 is 0 Å². The number of aliphatic hydroxyl groups is 1. The quantitative estimate of drug-likeness (QED) is 0.902. The standard InChI is InChI=1S/C20H33NO2/c1-15-8-7-9-18(10-15)11-19(4,5)20(6,22)14-21-12-16(2)23-17(3)13-21/h7-10,16-17,22H,11-14H2,1-6H3. The number of β-amino-alcohol motifs (C(OH)–C–C–N with tert-alkyl or cyclic N) is 1. The van der Waals surface area contributed by atoms with E-state index < -0.39 is 5.60 Å². The highest BCUT2D eigenvalue weighted by Crippen LogP contribution is 2.35. The Morgan fingerprint density at radius 1 is 1.17 bits per heavy atom. The van der Waals surface area contributed by atoms with Crippen LogP contribution in [0.3, 0.4) is 0 Å². The number of aryl methyl sites for hydroxylation is 1. The Morgan fingerprint density at radius 3 is 2.35 bits per heavy atom. The lowest BCUT2D eigenvalue weighted by Crippen LogP contribution is -2.56. The van der Waals surface area contributed by atoms with E-state index in [0.29, 0.717) is 6.54 Å². The summed E-state index contributed by atoms with van der Waals surface area (Å²) in [5.41, 5.74) is 1.60. The van der Waals surface area contributed by atoms with Gasteiger partial charge in [0.05, 0.1) is 17.8 Å². The number of benzene rings is 1. The maximum absolute atomic E-state index is 11.2. The molecule has 1 heterocycles. The first-order valence-electron chi connectivity index (χ1n) is 8.75. The summed E-state index contributed by atoms with van der Waals surface area (Å²) in [6.45, 7) is 15.1. The third-order valence-electron chi connectivity index (χ3n) is 5.21. The van der Waals surface area contributed by atoms with Crippen molar-refractivity contribution in [2.45, 2.75) is 65.8 Å². The molecular formula is C20H33NO2. The number of morpholine rings is 1. The summed E-state index contributed by atoms with van der Waals surface area (Å²) in [6, 6.07) is 8.59. The summed E-state index contributed by atoms with van der Waals surface area (Å²) in [4.78, 5) is 2.34. The second kappa shape index (κ2) is 6.92. The summed E-state index contributed by atoms with van der Waals surface area (Å²) >= 11 is 0. The summed E-state index contributed by atoms with van der Waals surface area (Å²) in [6.07, 6.45) is 1.33. The third-order valence-corrected chi connectivity index (χ3v) is 5.21. The van der Waals surface area contributed by atoms with Crippen LogP contribution < -0.4 is 0 Å². The van der Waals surface area contributed by atoms with Crippen molar-refractivity contribution in [2.24, 2.45) is 5.41 Å². The molecule has 1 N–H and O–H groups in total. The van der Waals surface area contributed by atoms with Crippen molar-refractivity contribution in [1.29, 1.82) is 0 Å². The van der Waals surface area contributed by atoms with E-state index in [1.54, 1.807) is 0 Å². The van der Waals surface area contributed by atoms with E-state index in [9.17, 15) is 5.11 Å². The summed E-state index contributed by atoms with van der Waals surface area (Å²) in [5.74, 6) is 0. The van der Waals surface area contributed by atoms with Gasteiger partial charge >= 0.3 is 0 Å². The van der Waals surface area contributed by atoms with Gasteiger partial charge < -0.3 is 9.84 Å². The Bertz CT molecular complexity index is 514. The van der Waals surface area contributed by atoms with E-state index >= 15 is 0 Å². The van der Waals surface area contributed by atoms with Gasteiger partial charge in [-0.2, -0.15) is 0 Å². The van der Waals surface area contributed by atoms with Crippen LogP contribution in [0.5, 0.6) is 0 Å². The van der Waals surface area contributed by atoms with Gasteiger partial charge in [-0.25, -0.2) is 0 Å². The minimum atomic E-state index is -0.756. The van der Waals surface area contributed by atoms with E-state index in [1.807, 2.05) is 6.92 Å². The molecular weight excluding hydrogens is 286 g/mol. The molecule has 3 unspecified atom stereocenters. The van der Waals surface area contributed by atoms with Crippen molar-refractivity contribution in [3.05, 3.63) is 35.4 Å². The average Bonchev–Trinajstić information content (AvgIpc) is 2.35. The highest BCUT2D eigenvalue weighted by Gasteiger charge is 2.41. The van der Waals surface area contributed by atoms with E-state index in [0.717, 1.165) is 19.5 Å². The third kappa shape index (κ3) is 4.79. The average molecular weight is 319 g/mol. The summed E-state index contributed by atoms with van der Waals surface area (Å²) < 4.78 is 5.80. The second-order valence-corrected chi connectivity index (χ2v) is 8.27. The lowest BCUT2D eigenvalue weighted by molar-refractivity contribution is -0.117. The maximum Gasteiger partial charge on any atom is 0.0799 e. The molecule has 0 aromatic heterocycles. The highest BCUT2D eigenvalue weighted by molar-refractivity contribution is 5.23. The van der Waals surface area contributed by atoms with E-state index in [4.69, 9.17) is 4.74 Å². The Balaban J connectivity index is 2.07. The minimum Gasteiger partial charge on any atom is -0.388 e. The predicted octanol–water partition coefficient (Wildman–Crippen LogP) is 3.42. The van der Waals surface area contributed by atoms with Crippen molar-refractivity contribution in [2.75, 3.05) is 19.6 Å². The largest absolute Gasteiger partial charge is 0.388 e. The molecule has 1 aliphatic heterocycles. The molecule has 23 heavy (non-hydrogen) atoms. The van der Waals surface area contributed by atoms with Crippen molar-refractivity contribution in [3.63, 3.8) is 0 Å². The van der Waals surface area contributed by atoms with Crippen LogP contribution in [0.2, 0.25) is 0 Å². The van der Waals surface area contributed by atoms with Gasteiger partial charge in [-0.1, -0.05) is 43.7 Å². The second-order valence-electron chi connectivity index (χ2n) is 8.27. The fourth-order valence-electron chi connectivity index (χ4n) is 3.59. The molecule has 3 nitrogen and oxygen atoms in total. The molecule has 1 aromatic rings. The number of hydrogen-bond donors (Lipinski definition) is 1. The molecule has 3 heteroatoms. The highest BCUT2D eigenvalue weighted by atomic mass is 16.5. The van der Waals surface area contributed by atoms with E-state index in [1.165, 1.54) is 11.1 Å². The Morgan fingerprint density at radius 2 is 1.78 bits per heavy atom. The van der Waals surface area contributed by atoms with Crippen LogP contribution in [0, 0.1) is 12.3 Å². The Hall–Kier alpha value is -0.900. The molecule has 1 saturated heterocycles. The summed E-state index contributed by atoms with van der Waals surface area (Å²) in [5, 5.41) is 11.2. The lowest BCUT2D eigenvalue weighted by Gasteiger charge is -2.45.